The van der Waals surface area contributed by atoms with Crippen LogP contribution in [-0.4, -0.2) is 24.4 Å². The van der Waals surface area contributed by atoms with E-state index in [2.05, 4.69) is 4.74 Å². The van der Waals surface area contributed by atoms with Gasteiger partial charge >= 0.3 is 12.1 Å². The molecule has 3 unspecified atom stereocenters. The highest BCUT2D eigenvalue weighted by Gasteiger charge is 2.65. The molecule has 0 saturated heterocycles. The van der Waals surface area contributed by atoms with Gasteiger partial charge in [-0.2, -0.15) is 13.2 Å². The van der Waals surface area contributed by atoms with E-state index in [9.17, 15) is 23.1 Å². The molecular weight excluding hydrogens is 297 g/mol. The first-order valence-electron chi connectivity index (χ1n) is 6.67. The van der Waals surface area contributed by atoms with Crippen molar-refractivity contribution in [1.29, 1.82) is 0 Å². The normalized spacial score (nSPS) is 29.1. The highest BCUT2D eigenvalue weighted by molar-refractivity contribution is 5.89. The predicted molar refractivity (Wildman–Crippen MR) is 72.2 cm³/mol. The molecule has 0 aromatic heterocycles. The van der Waals surface area contributed by atoms with Crippen LogP contribution < -0.4 is 0 Å². The standard InChI is InChI=1S/C16H13F3O3/c1-22-14(20)9-6-7-11-10-4-2-3-5-12(10)15(21,13(11)8-9)16(17,18)19/h2-8,10,12,21H,1H3. The van der Waals surface area contributed by atoms with E-state index in [1.54, 1.807) is 12.2 Å². The van der Waals surface area contributed by atoms with E-state index in [-0.39, 0.29) is 11.1 Å². The summed E-state index contributed by atoms with van der Waals surface area (Å²) in [6.07, 6.45) is 1.28. The summed E-state index contributed by atoms with van der Waals surface area (Å²) in [6, 6.07) is 3.94. The Morgan fingerprint density at radius 1 is 1.27 bits per heavy atom. The quantitative estimate of drug-likeness (QED) is 0.811. The van der Waals surface area contributed by atoms with Gasteiger partial charge in [-0.05, 0) is 23.3 Å². The minimum Gasteiger partial charge on any atom is -0.465 e. The third-order valence-electron chi connectivity index (χ3n) is 4.29. The number of halogens is 3. The molecule has 3 rings (SSSR count). The van der Waals surface area contributed by atoms with Gasteiger partial charge in [-0.3, -0.25) is 0 Å². The molecule has 1 aromatic rings. The van der Waals surface area contributed by atoms with Gasteiger partial charge in [-0.1, -0.05) is 30.4 Å². The molecule has 0 fully saturated rings. The molecule has 0 spiro atoms. The zero-order valence-corrected chi connectivity index (χ0v) is 11.6. The first-order chi connectivity index (χ1) is 10.3. The Kier molecular flexibility index (Phi) is 3.18. The number of allylic oxidation sites excluding steroid dienone is 3. The largest absolute Gasteiger partial charge is 0.465 e. The lowest BCUT2D eigenvalue weighted by Crippen LogP contribution is -2.46. The fraction of sp³-hybridized carbons (Fsp3) is 0.312. The van der Waals surface area contributed by atoms with E-state index < -0.39 is 29.6 Å². The number of carbonyl (C=O) groups excluding carboxylic acids is 1. The number of ether oxygens (including phenoxy) is 1. The van der Waals surface area contributed by atoms with Crippen LogP contribution in [0.5, 0.6) is 0 Å². The van der Waals surface area contributed by atoms with Crippen LogP contribution in [-0.2, 0) is 10.3 Å². The zero-order valence-electron chi connectivity index (χ0n) is 11.6. The van der Waals surface area contributed by atoms with Gasteiger partial charge in [-0.15, -0.1) is 0 Å². The number of fused-ring (bicyclic) bond motifs is 3. The van der Waals surface area contributed by atoms with Crippen LogP contribution in [0.1, 0.15) is 27.4 Å². The Hall–Kier alpha value is -2.08. The van der Waals surface area contributed by atoms with Crippen molar-refractivity contribution in [3.05, 3.63) is 59.2 Å². The topological polar surface area (TPSA) is 46.5 Å². The molecule has 6 heteroatoms. The van der Waals surface area contributed by atoms with Crippen molar-refractivity contribution in [1.82, 2.24) is 0 Å². The van der Waals surface area contributed by atoms with Crippen LogP contribution in [0.2, 0.25) is 0 Å². The SMILES string of the molecule is COC(=O)c1ccc2c(c1)C(O)(C(F)(F)F)C1C=CC=CC21. The summed E-state index contributed by atoms with van der Waals surface area (Å²) in [4.78, 5) is 11.6. The average Bonchev–Trinajstić information content (AvgIpc) is 2.77. The molecule has 3 nitrogen and oxygen atoms in total. The number of esters is 1. The molecule has 2 aliphatic rings. The summed E-state index contributed by atoms with van der Waals surface area (Å²) in [5.41, 5.74) is -2.94. The molecule has 0 heterocycles. The molecule has 0 saturated carbocycles. The van der Waals surface area contributed by atoms with E-state index in [4.69, 9.17) is 0 Å². The smallest absolute Gasteiger partial charge is 0.422 e. The number of benzene rings is 1. The Morgan fingerprint density at radius 2 is 1.95 bits per heavy atom. The Balaban J connectivity index is 2.23. The van der Waals surface area contributed by atoms with E-state index in [0.717, 1.165) is 13.2 Å². The van der Waals surface area contributed by atoms with E-state index in [1.165, 1.54) is 24.3 Å². The van der Waals surface area contributed by atoms with Crippen LogP contribution in [0.4, 0.5) is 13.2 Å². The van der Waals surface area contributed by atoms with Gasteiger partial charge in [0.2, 0.25) is 0 Å². The second-order valence-electron chi connectivity index (χ2n) is 5.38. The minimum atomic E-state index is -4.86. The number of alkyl halides is 3. The van der Waals surface area contributed by atoms with E-state index in [1.807, 2.05) is 0 Å². The summed E-state index contributed by atoms with van der Waals surface area (Å²) in [5.74, 6) is -2.45. The number of carbonyl (C=O) groups is 1. The lowest BCUT2D eigenvalue weighted by Gasteiger charge is -2.33. The van der Waals surface area contributed by atoms with Crippen LogP contribution in [0.15, 0.2) is 42.5 Å². The highest BCUT2D eigenvalue weighted by atomic mass is 19.4. The third-order valence-corrected chi connectivity index (χ3v) is 4.29. The van der Waals surface area contributed by atoms with Crippen molar-refractivity contribution in [3.8, 4) is 0 Å². The Labute approximate surface area is 124 Å². The molecule has 116 valence electrons. The Bertz CT molecular complexity index is 690. The summed E-state index contributed by atoms with van der Waals surface area (Å²) < 4.78 is 45.3. The molecule has 0 aliphatic heterocycles. The van der Waals surface area contributed by atoms with Crippen molar-refractivity contribution >= 4 is 5.97 Å². The second kappa shape index (κ2) is 4.71. The second-order valence-corrected chi connectivity index (χ2v) is 5.38. The van der Waals surface area contributed by atoms with Gasteiger partial charge < -0.3 is 9.84 Å². The molecule has 0 radical (unpaired) electrons. The third kappa shape index (κ3) is 1.83. The van der Waals surface area contributed by atoms with E-state index in [0.29, 0.717) is 5.56 Å². The maximum atomic E-state index is 13.6. The number of methoxy groups -OCH3 is 1. The summed E-state index contributed by atoms with van der Waals surface area (Å²) in [6.45, 7) is 0. The molecule has 1 N–H and O–H groups in total. The summed E-state index contributed by atoms with van der Waals surface area (Å²) >= 11 is 0. The van der Waals surface area contributed by atoms with Gasteiger partial charge in [0.1, 0.15) is 0 Å². The molecule has 0 bridgehead atoms. The van der Waals surface area contributed by atoms with Crippen molar-refractivity contribution in [2.45, 2.75) is 17.7 Å². The van der Waals surface area contributed by atoms with Crippen LogP contribution in [0.25, 0.3) is 0 Å². The molecule has 0 amide bonds. The maximum absolute atomic E-state index is 13.6. The van der Waals surface area contributed by atoms with Crippen molar-refractivity contribution in [3.63, 3.8) is 0 Å². The van der Waals surface area contributed by atoms with Gasteiger partial charge in [-0.25, -0.2) is 4.79 Å². The fourth-order valence-electron chi connectivity index (χ4n) is 3.25. The minimum absolute atomic E-state index is 0.0180. The number of hydrogen-bond donors (Lipinski definition) is 1. The van der Waals surface area contributed by atoms with Crippen LogP contribution in [0, 0.1) is 5.92 Å². The van der Waals surface area contributed by atoms with Crippen LogP contribution in [0.3, 0.4) is 0 Å². The van der Waals surface area contributed by atoms with Crippen molar-refractivity contribution in [2.24, 2.45) is 5.92 Å². The molecule has 3 atom stereocenters. The average molecular weight is 310 g/mol. The lowest BCUT2D eigenvalue weighted by atomic mass is 9.80. The number of hydrogen-bond acceptors (Lipinski definition) is 3. The Morgan fingerprint density at radius 3 is 2.59 bits per heavy atom. The van der Waals surface area contributed by atoms with Gasteiger partial charge in [0.05, 0.1) is 12.7 Å². The summed E-state index contributed by atoms with van der Waals surface area (Å²) in [7, 11) is 1.15. The van der Waals surface area contributed by atoms with Gasteiger partial charge in [0.25, 0.3) is 0 Å². The predicted octanol–water partition coefficient (Wildman–Crippen LogP) is 3.06. The molecular formula is C16H13F3O3. The van der Waals surface area contributed by atoms with Gasteiger partial charge in [0, 0.05) is 11.8 Å². The highest BCUT2D eigenvalue weighted by Crippen LogP contribution is 2.58. The molecule has 2 aliphatic carbocycles. The number of aliphatic hydroxyl groups is 1. The zero-order chi connectivity index (χ0) is 16.1. The van der Waals surface area contributed by atoms with E-state index >= 15 is 0 Å². The van der Waals surface area contributed by atoms with Crippen molar-refractivity contribution in [2.75, 3.05) is 7.11 Å². The lowest BCUT2D eigenvalue weighted by molar-refractivity contribution is -0.278. The maximum Gasteiger partial charge on any atom is 0.422 e. The first kappa shape index (κ1) is 14.8. The summed E-state index contributed by atoms with van der Waals surface area (Å²) in [5, 5.41) is 10.5. The van der Waals surface area contributed by atoms with Gasteiger partial charge in [0.15, 0.2) is 5.60 Å². The van der Waals surface area contributed by atoms with Crippen molar-refractivity contribution < 1.29 is 27.8 Å². The number of rotatable bonds is 1. The molecule has 1 aromatic carbocycles. The van der Waals surface area contributed by atoms with Crippen LogP contribution >= 0.6 is 0 Å². The molecule has 22 heavy (non-hydrogen) atoms. The monoisotopic (exact) mass is 310 g/mol. The first-order valence-corrected chi connectivity index (χ1v) is 6.67. The fourth-order valence-corrected chi connectivity index (χ4v) is 3.25.